The maximum Gasteiger partial charge on any atom is 0.234 e. The molecule has 0 saturated carbocycles. The molecule has 174 valence electrons. The minimum Gasteiger partial charge on any atom is -0.355 e. The van der Waals surface area contributed by atoms with E-state index in [1.54, 1.807) is 0 Å². The lowest BCUT2D eigenvalue weighted by atomic mass is 10.1. The van der Waals surface area contributed by atoms with Gasteiger partial charge in [-0.05, 0) is 27.2 Å². The van der Waals surface area contributed by atoms with Crippen LogP contribution in [0, 0.1) is 0 Å². The number of piperazine rings is 1. The minimum absolute atomic E-state index is 0.00983. The average Bonchev–Trinajstić information content (AvgIpc) is 3.16. The lowest BCUT2D eigenvalue weighted by molar-refractivity contribution is -0.130. The van der Waals surface area contributed by atoms with Crippen LogP contribution in [-0.2, 0) is 14.4 Å². The van der Waals surface area contributed by atoms with Gasteiger partial charge in [-0.1, -0.05) is 41.8 Å². The molecule has 31 heavy (non-hydrogen) atoms. The van der Waals surface area contributed by atoms with Crippen molar-refractivity contribution < 1.29 is 14.4 Å². The van der Waals surface area contributed by atoms with E-state index in [-0.39, 0.29) is 23.3 Å². The first-order chi connectivity index (χ1) is 14.7. The lowest BCUT2D eigenvalue weighted by Gasteiger charge is -2.34. The number of rotatable bonds is 10. The Balaban J connectivity index is 1.67. The van der Waals surface area contributed by atoms with Crippen LogP contribution in [0.2, 0.25) is 0 Å². The van der Waals surface area contributed by atoms with Crippen molar-refractivity contribution >= 4 is 52.6 Å². The number of aromatic nitrogens is 2. The van der Waals surface area contributed by atoms with Crippen molar-refractivity contribution in [1.82, 2.24) is 30.6 Å². The van der Waals surface area contributed by atoms with Gasteiger partial charge in [0.05, 0.1) is 18.1 Å². The van der Waals surface area contributed by atoms with Crippen LogP contribution in [0.4, 0.5) is 0 Å². The summed E-state index contributed by atoms with van der Waals surface area (Å²) in [4.78, 5) is 40.1. The molecule has 0 spiro atoms. The third-order valence-corrected chi connectivity index (χ3v) is 7.39. The van der Waals surface area contributed by atoms with Crippen LogP contribution in [-0.4, -0.2) is 94.0 Å². The number of carbonyl (C=O) groups is 3. The van der Waals surface area contributed by atoms with Crippen LogP contribution in [0.15, 0.2) is 8.68 Å². The maximum atomic E-state index is 12.5. The highest BCUT2D eigenvalue weighted by molar-refractivity contribution is 8.03. The first-order valence-electron chi connectivity index (χ1n) is 10.3. The fourth-order valence-corrected chi connectivity index (χ4v) is 5.54. The standard InChI is InChI=1S/C19H32N6O3S3/c1-5-6-20-15(27)12-29-17-22-23-18(31-17)30-13-16(28)25-9-7-24(8-10-25)11-14(26)21-19(2,3)4/h5-13H2,1-4H3,(H,20,27)(H,21,26). The van der Waals surface area contributed by atoms with Gasteiger partial charge in [0.2, 0.25) is 17.7 Å². The van der Waals surface area contributed by atoms with Crippen LogP contribution in [0.25, 0.3) is 0 Å². The van der Waals surface area contributed by atoms with Crippen molar-refractivity contribution in [3.63, 3.8) is 0 Å². The van der Waals surface area contributed by atoms with Crippen molar-refractivity contribution in [1.29, 1.82) is 0 Å². The lowest BCUT2D eigenvalue weighted by Crippen LogP contribution is -2.53. The summed E-state index contributed by atoms with van der Waals surface area (Å²) in [5.74, 6) is 0.682. The Hall–Kier alpha value is -1.37. The van der Waals surface area contributed by atoms with Gasteiger partial charge in [0.1, 0.15) is 0 Å². The number of amides is 3. The fourth-order valence-electron chi connectivity index (χ4n) is 2.79. The van der Waals surface area contributed by atoms with E-state index in [1.807, 2.05) is 32.6 Å². The molecule has 3 amide bonds. The summed E-state index contributed by atoms with van der Waals surface area (Å²) in [7, 11) is 0. The normalized spacial score (nSPS) is 15.0. The Labute approximate surface area is 196 Å². The Morgan fingerprint density at radius 2 is 1.61 bits per heavy atom. The van der Waals surface area contributed by atoms with Crippen molar-refractivity contribution in [2.24, 2.45) is 0 Å². The van der Waals surface area contributed by atoms with E-state index in [0.717, 1.165) is 15.1 Å². The van der Waals surface area contributed by atoms with Crippen molar-refractivity contribution in [3.05, 3.63) is 0 Å². The molecule has 0 radical (unpaired) electrons. The van der Waals surface area contributed by atoms with Crippen molar-refractivity contribution in [3.8, 4) is 0 Å². The topological polar surface area (TPSA) is 108 Å². The predicted molar refractivity (Wildman–Crippen MR) is 126 cm³/mol. The smallest absolute Gasteiger partial charge is 0.234 e. The molecule has 12 heteroatoms. The molecule has 2 N–H and O–H groups in total. The SMILES string of the molecule is CCCNC(=O)CSc1nnc(SCC(=O)N2CCN(CC(=O)NC(C)(C)C)CC2)s1. The monoisotopic (exact) mass is 488 g/mol. The summed E-state index contributed by atoms with van der Waals surface area (Å²) in [6.45, 7) is 11.5. The van der Waals surface area contributed by atoms with E-state index in [0.29, 0.717) is 50.8 Å². The van der Waals surface area contributed by atoms with E-state index in [9.17, 15) is 14.4 Å². The Morgan fingerprint density at radius 1 is 1.00 bits per heavy atom. The minimum atomic E-state index is -0.239. The summed E-state index contributed by atoms with van der Waals surface area (Å²) in [6.07, 6.45) is 0.908. The summed E-state index contributed by atoms with van der Waals surface area (Å²) in [5, 5.41) is 14.0. The number of nitrogens with one attached hydrogen (secondary N) is 2. The highest BCUT2D eigenvalue weighted by atomic mass is 32.2. The fraction of sp³-hybridized carbons (Fsp3) is 0.737. The second kappa shape index (κ2) is 12.6. The van der Waals surface area contributed by atoms with Gasteiger partial charge in [-0.25, -0.2) is 0 Å². The molecule has 1 saturated heterocycles. The van der Waals surface area contributed by atoms with Crippen molar-refractivity contribution in [2.45, 2.75) is 48.3 Å². The second-order valence-electron chi connectivity index (χ2n) is 8.22. The molecule has 1 fully saturated rings. The van der Waals surface area contributed by atoms with Crippen LogP contribution in [0.3, 0.4) is 0 Å². The van der Waals surface area contributed by atoms with Crippen LogP contribution in [0.5, 0.6) is 0 Å². The van der Waals surface area contributed by atoms with Crippen LogP contribution >= 0.6 is 34.9 Å². The predicted octanol–water partition coefficient (Wildman–Crippen LogP) is 1.31. The first-order valence-corrected chi connectivity index (χ1v) is 13.1. The van der Waals surface area contributed by atoms with Gasteiger partial charge in [0.15, 0.2) is 8.68 Å². The van der Waals surface area contributed by atoms with Gasteiger partial charge >= 0.3 is 0 Å². The molecule has 1 aromatic rings. The zero-order valence-electron chi connectivity index (χ0n) is 18.6. The average molecular weight is 489 g/mol. The molecule has 0 aliphatic carbocycles. The first kappa shape index (κ1) is 25.9. The number of thioether (sulfide) groups is 2. The van der Waals surface area contributed by atoms with E-state index >= 15 is 0 Å². The molecule has 0 bridgehead atoms. The summed E-state index contributed by atoms with van der Waals surface area (Å²) in [5.41, 5.74) is -0.239. The van der Waals surface area contributed by atoms with Gasteiger partial charge in [-0.3, -0.25) is 19.3 Å². The van der Waals surface area contributed by atoms with Gasteiger partial charge in [0, 0.05) is 38.3 Å². The summed E-state index contributed by atoms with van der Waals surface area (Å²) in [6, 6.07) is 0. The molecule has 0 atom stereocenters. The van der Waals surface area contributed by atoms with Gasteiger partial charge in [-0.15, -0.1) is 10.2 Å². The Morgan fingerprint density at radius 3 is 2.19 bits per heavy atom. The number of hydrogen-bond acceptors (Lipinski definition) is 9. The number of carbonyl (C=O) groups excluding carboxylic acids is 3. The van der Waals surface area contributed by atoms with Crippen LogP contribution in [0.1, 0.15) is 34.1 Å². The van der Waals surface area contributed by atoms with E-state index in [2.05, 4.69) is 25.7 Å². The van der Waals surface area contributed by atoms with E-state index in [4.69, 9.17) is 0 Å². The number of nitrogens with zero attached hydrogens (tertiary/aromatic N) is 4. The van der Waals surface area contributed by atoms with E-state index in [1.165, 1.54) is 34.9 Å². The Bertz CT molecular complexity index is 744. The largest absolute Gasteiger partial charge is 0.355 e. The Kier molecular flexibility index (Phi) is 10.5. The molecule has 1 aliphatic heterocycles. The molecule has 2 heterocycles. The quantitative estimate of drug-likeness (QED) is 0.475. The third-order valence-electron chi connectivity index (χ3n) is 4.21. The molecule has 9 nitrogen and oxygen atoms in total. The molecular formula is C19H32N6O3S3. The molecule has 1 aromatic heterocycles. The maximum absolute atomic E-state index is 12.5. The van der Waals surface area contributed by atoms with Gasteiger partial charge in [-0.2, -0.15) is 0 Å². The highest BCUT2D eigenvalue weighted by Gasteiger charge is 2.24. The number of hydrogen-bond donors (Lipinski definition) is 2. The van der Waals surface area contributed by atoms with E-state index < -0.39 is 0 Å². The van der Waals surface area contributed by atoms with Crippen molar-refractivity contribution in [2.75, 3.05) is 50.8 Å². The van der Waals surface area contributed by atoms with Gasteiger partial charge < -0.3 is 15.5 Å². The third kappa shape index (κ3) is 10.2. The highest BCUT2D eigenvalue weighted by Crippen LogP contribution is 2.28. The zero-order valence-corrected chi connectivity index (χ0v) is 21.1. The molecule has 2 rings (SSSR count). The van der Waals surface area contributed by atoms with Crippen LogP contribution < -0.4 is 10.6 Å². The molecule has 0 unspecified atom stereocenters. The van der Waals surface area contributed by atoms with Gasteiger partial charge in [0.25, 0.3) is 0 Å². The zero-order chi connectivity index (χ0) is 22.9. The molecule has 1 aliphatic rings. The second-order valence-corrected chi connectivity index (χ2v) is 11.6. The summed E-state index contributed by atoms with van der Waals surface area (Å²) < 4.78 is 1.45. The molecule has 0 aromatic carbocycles. The summed E-state index contributed by atoms with van der Waals surface area (Å²) >= 11 is 4.13. The molecular weight excluding hydrogens is 456 g/mol.